The third-order valence-corrected chi connectivity index (χ3v) is 3.15. The third-order valence-electron chi connectivity index (χ3n) is 3.15. The predicted molar refractivity (Wildman–Crippen MR) is 58.9 cm³/mol. The molecule has 0 bridgehead atoms. The van der Waals surface area contributed by atoms with E-state index in [4.69, 9.17) is 5.73 Å². The summed E-state index contributed by atoms with van der Waals surface area (Å²) in [5, 5.41) is 3.31. The number of nitrogens with two attached hydrogens (primary N) is 1. The lowest BCUT2D eigenvalue weighted by Gasteiger charge is -2.28. The predicted octanol–water partition coefficient (Wildman–Crippen LogP) is 1.83. The summed E-state index contributed by atoms with van der Waals surface area (Å²) in [5.74, 6) is 0.327. The first kappa shape index (κ1) is 10.6. The zero-order valence-corrected chi connectivity index (χ0v) is 8.75. The second-order valence-corrected chi connectivity index (χ2v) is 4.16. The fourth-order valence-electron chi connectivity index (χ4n) is 2.16. The third kappa shape index (κ3) is 2.55. The number of nitrogens with one attached hydrogen (secondary N) is 1. The molecule has 1 atom stereocenters. The first-order valence-corrected chi connectivity index (χ1v) is 5.49. The molecule has 3 heteroatoms. The van der Waals surface area contributed by atoms with Crippen molar-refractivity contribution in [2.45, 2.75) is 18.9 Å². The number of piperidine rings is 1. The largest absolute Gasteiger partial charge is 0.324 e. The summed E-state index contributed by atoms with van der Waals surface area (Å²) in [6.45, 7) is 2.08. The summed E-state index contributed by atoms with van der Waals surface area (Å²) in [6.07, 6.45) is 2.22. The SMILES string of the molecule is N[C@H](c1ccc(F)cc1)C1CCNCC1. The van der Waals surface area contributed by atoms with Gasteiger partial charge in [-0.25, -0.2) is 4.39 Å². The molecule has 0 aromatic heterocycles. The molecule has 0 spiro atoms. The highest BCUT2D eigenvalue weighted by Crippen LogP contribution is 2.26. The Morgan fingerprint density at radius 3 is 2.40 bits per heavy atom. The van der Waals surface area contributed by atoms with Crippen LogP contribution in [0.3, 0.4) is 0 Å². The van der Waals surface area contributed by atoms with Gasteiger partial charge in [0.1, 0.15) is 5.82 Å². The molecule has 1 aliphatic rings. The van der Waals surface area contributed by atoms with Gasteiger partial charge >= 0.3 is 0 Å². The van der Waals surface area contributed by atoms with E-state index >= 15 is 0 Å². The molecular formula is C12H17FN2. The molecule has 1 saturated heterocycles. The maximum Gasteiger partial charge on any atom is 0.123 e. The van der Waals surface area contributed by atoms with Gasteiger partial charge in [-0.2, -0.15) is 0 Å². The number of hydrogen-bond donors (Lipinski definition) is 2. The molecule has 1 fully saturated rings. The first-order chi connectivity index (χ1) is 7.27. The van der Waals surface area contributed by atoms with Crippen LogP contribution in [0.4, 0.5) is 4.39 Å². The Balaban J connectivity index is 2.05. The Bertz CT molecular complexity index is 304. The fraction of sp³-hybridized carbons (Fsp3) is 0.500. The Morgan fingerprint density at radius 2 is 1.80 bits per heavy atom. The van der Waals surface area contributed by atoms with Gasteiger partial charge in [-0.05, 0) is 49.5 Å². The molecule has 0 amide bonds. The molecule has 0 aliphatic carbocycles. The topological polar surface area (TPSA) is 38.0 Å². The van der Waals surface area contributed by atoms with Crippen LogP contribution in [0.15, 0.2) is 24.3 Å². The molecule has 1 aliphatic heterocycles. The van der Waals surface area contributed by atoms with E-state index in [2.05, 4.69) is 5.32 Å². The summed E-state index contributed by atoms with van der Waals surface area (Å²) >= 11 is 0. The van der Waals surface area contributed by atoms with Crippen LogP contribution in [0.1, 0.15) is 24.4 Å². The van der Waals surface area contributed by atoms with Gasteiger partial charge in [-0.3, -0.25) is 0 Å². The minimum absolute atomic E-state index is 0.0488. The highest BCUT2D eigenvalue weighted by atomic mass is 19.1. The van der Waals surface area contributed by atoms with Crippen LogP contribution in [0.25, 0.3) is 0 Å². The molecule has 15 heavy (non-hydrogen) atoms. The maximum atomic E-state index is 12.7. The Morgan fingerprint density at radius 1 is 1.20 bits per heavy atom. The highest BCUT2D eigenvalue weighted by Gasteiger charge is 2.21. The lowest BCUT2D eigenvalue weighted by atomic mass is 9.87. The van der Waals surface area contributed by atoms with Crippen LogP contribution < -0.4 is 11.1 Å². The number of hydrogen-bond acceptors (Lipinski definition) is 2. The maximum absolute atomic E-state index is 12.7. The first-order valence-electron chi connectivity index (χ1n) is 5.49. The summed E-state index contributed by atoms with van der Waals surface area (Å²) < 4.78 is 12.7. The van der Waals surface area contributed by atoms with E-state index < -0.39 is 0 Å². The van der Waals surface area contributed by atoms with Crippen molar-refractivity contribution in [2.24, 2.45) is 11.7 Å². The average molecular weight is 208 g/mol. The standard InChI is InChI=1S/C12H17FN2/c13-11-3-1-9(2-4-11)12(14)10-5-7-15-8-6-10/h1-4,10,12,15H,5-8,14H2/t12-/m1/s1. The van der Waals surface area contributed by atoms with Gasteiger partial charge in [-0.15, -0.1) is 0 Å². The molecule has 0 radical (unpaired) electrons. The second kappa shape index (κ2) is 4.73. The van der Waals surface area contributed by atoms with Crippen LogP contribution in [0.5, 0.6) is 0 Å². The lowest BCUT2D eigenvalue weighted by Crippen LogP contribution is -2.33. The highest BCUT2D eigenvalue weighted by molar-refractivity contribution is 5.20. The average Bonchev–Trinajstić information content (AvgIpc) is 2.30. The second-order valence-electron chi connectivity index (χ2n) is 4.16. The Hall–Kier alpha value is -0.930. The van der Waals surface area contributed by atoms with Crippen LogP contribution in [0, 0.1) is 11.7 Å². The molecule has 2 rings (SSSR count). The molecule has 0 unspecified atom stereocenters. The minimum atomic E-state index is -0.198. The lowest BCUT2D eigenvalue weighted by molar-refractivity contribution is 0.322. The molecule has 1 aromatic carbocycles. The van der Waals surface area contributed by atoms with Crippen molar-refractivity contribution in [1.82, 2.24) is 5.32 Å². The fourth-order valence-corrected chi connectivity index (χ4v) is 2.16. The van der Waals surface area contributed by atoms with Crippen molar-refractivity contribution in [1.29, 1.82) is 0 Å². The van der Waals surface area contributed by atoms with Crippen molar-refractivity contribution in [3.63, 3.8) is 0 Å². The summed E-state index contributed by atoms with van der Waals surface area (Å²) in [4.78, 5) is 0. The molecule has 1 heterocycles. The van der Waals surface area contributed by atoms with Crippen molar-refractivity contribution in [2.75, 3.05) is 13.1 Å². The van der Waals surface area contributed by atoms with Crippen LogP contribution in [0.2, 0.25) is 0 Å². The quantitative estimate of drug-likeness (QED) is 0.778. The van der Waals surface area contributed by atoms with Gasteiger partial charge in [0, 0.05) is 6.04 Å². The Labute approximate surface area is 89.7 Å². The van der Waals surface area contributed by atoms with Gasteiger partial charge in [0.15, 0.2) is 0 Å². The van der Waals surface area contributed by atoms with Gasteiger partial charge in [0.25, 0.3) is 0 Å². The van der Waals surface area contributed by atoms with Gasteiger partial charge in [-0.1, -0.05) is 12.1 Å². The number of rotatable bonds is 2. The summed E-state index contributed by atoms with van der Waals surface area (Å²) in [6, 6.07) is 6.60. The van der Waals surface area contributed by atoms with Gasteiger partial charge < -0.3 is 11.1 Å². The zero-order chi connectivity index (χ0) is 10.7. The van der Waals surface area contributed by atoms with Crippen molar-refractivity contribution >= 4 is 0 Å². The zero-order valence-electron chi connectivity index (χ0n) is 8.75. The molecule has 1 aromatic rings. The Kier molecular flexibility index (Phi) is 3.34. The van der Waals surface area contributed by atoms with Crippen LogP contribution >= 0.6 is 0 Å². The van der Waals surface area contributed by atoms with E-state index in [1.54, 1.807) is 12.1 Å². The van der Waals surface area contributed by atoms with E-state index in [1.165, 1.54) is 12.1 Å². The smallest absolute Gasteiger partial charge is 0.123 e. The molecular weight excluding hydrogens is 191 g/mol. The van der Waals surface area contributed by atoms with E-state index in [0.717, 1.165) is 31.5 Å². The number of benzene rings is 1. The minimum Gasteiger partial charge on any atom is -0.324 e. The van der Waals surface area contributed by atoms with Crippen LogP contribution in [-0.2, 0) is 0 Å². The van der Waals surface area contributed by atoms with Gasteiger partial charge in [0.05, 0.1) is 0 Å². The van der Waals surface area contributed by atoms with Crippen molar-refractivity contribution in [3.8, 4) is 0 Å². The van der Waals surface area contributed by atoms with Crippen molar-refractivity contribution < 1.29 is 4.39 Å². The van der Waals surface area contributed by atoms with Crippen LogP contribution in [-0.4, -0.2) is 13.1 Å². The number of halogens is 1. The summed E-state index contributed by atoms with van der Waals surface area (Å²) in [5.41, 5.74) is 7.21. The van der Waals surface area contributed by atoms with E-state index in [9.17, 15) is 4.39 Å². The van der Waals surface area contributed by atoms with E-state index in [0.29, 0.717) is 5.92 Å². The molecule has 3 N–H and O–H groups in total. The molecule has 82 valence electrons. The van der Waals surface area contributed by atoms with Gasteiger partial charge in [0.2, 0.25) is 0 Å². The molecule has 2 nitrogen and oxygen atoms in total. The van der Waals surface area contributed by atoms with Crippen molar-refractivity contribution in [3.05, 3.63) is 35.6 Å². The molecule has 0 saturated carbocycles. The van der Waals surface area contributed by atoms with E-state index in [1.807, 2.05) is 0 Å². The normalized spacial score (nSPS) is 20.1. The van der Waals surface area contributed by atoms with E-state index in [-0.39, 0.29) is 11.9 Å². The summed E-state index contributed by atoms with van der Waals surface area (Å²) in [7, 11) is 0. The monoisotopic (exact) mass is 208 g/mol.